The van der Waals surface area contributed by atoms with Gasteiger partial charge in [0.1, 0.15) is 5.69 Å². The van der Waals surface area contributed by atoms with Crippen LogP contribution in [0.25, 0.3) is 11.4 Å². The molecule has 8 heteroatoms. The molecule has 1 aliphatic rings. The Balaban J connectivity index is 1.73. The Kier molecular flexibility index (Phi) is 4.62. The van der Waals surface area contributed by atoms with Crippen molar-refractivity contribution >= 4 is 5.91 Å². The summed E-state index contributed by atoms with van der Waals surface area (Å²) in [5, 5.41) is 4.65. The van der Waals surface area contributed by atoms with Crippen molar-refractivity contribution in [3.05, 3.63) is 54.6 Å². The SMILES string of the molecule is CC[C@H](C)[C@H]1c2nc(-c3cccnc3)nn2CCN1C(=O)c1cnccn1. The summed E-state index contributed by atoms with van der Waals surface area (Å²) < 4.78 is 1.92. The molecule has 27 heavy (non-hydrogen) atoms. The molecule has 0 unspecified atom stereocenters. The topological polar surface area (TPSA) is 89.7 Å². The highest BCUT2D eigenvalue weighted by atomic mass is 16.2. The molecule has 2 atom stereocenters. The molecule has 0 aliphatic carbocycles. The van der Waals surface area contributed by atoms with Crippen LogP contribution in [0.2, 0.25) is 0 Å². The largest absolute Gasteiger partial charge is 0.325 e. The summed E-state index contributed by atoms with van der Waals surface area (Å²) in [6, 6.07) is 3.65. The van der Waals surface area contributed by atoms with E-state index in [0.717, 1.165) is 17.8 Å². The highest BCUT2D eigenvalue weighted by Crippen LogP contribution is 2.34. The van der Waals surface area contributed by atoms with Gasteiger partial charge >= 0.3 is 0 Å². The number of aromatic nitrogens is 6. The molecule has 1 amide bonds. The second kappa shape index (κ2) is 7.22. The molecule has 138 valence electrons. The number of hydrogen-bond acceptors (Lipinski definition) is 6. The standard InChI is InChI=1S/C19H21N7O/c1-3-13(2)16-18-23-17(14-5-4-6-20-11-14)24-26(18)10-9-25(16)19(27)15-12-21-7-8-22-15/h4-8,11-13,16H,3,9-10H2,1-2H3/t13-,16-/m0/s1. The van der Waals surface area contributed by atoms with Crippen LogP contribution < -0.4 is 0 Å². The lowest BCUT2D eigenvalue weighted by molar-refractivity contribution is 0.0512. The normalized spacial score (nSPS) is 17.4. The maximum absolute atomic E-state index is 13.1. The molecule has 3 aromatic rings. The van der Waals surface area contributed by atoms with Gasteiger partial charge in [0.15, 0.2) is 11.6 Å². The van der Waals surface area contributed by atoms with E-state index in [1.807, 2.05) is 21.7 Å². The van der Waals surface area contributed by atoms with E-state index in [4.69, 9.17) is 4.98 Å². The van der Waals surface area contributed by atoms with Crippen LogP contribution in [-0.2, 0) is 6.54 Å². The molecule has 8 nitrogen and oxygen atoms in total. The van der Waals surface area contributed by atoms with Crippen molar-refractivity contribution in [3.63, 3.8) is 0 Å². The summed E-state index contributed by atoms with van der Waals surface area (Å²) in [7, 11) is 0. The summed E-state index contributed by atoms with van der Waals surface area (Å²) >= 11 is 0. The monoisotopic (exact) mass is 363 g/mol. The van der Waals surface area contributed by atoms with Crippen molar-refractivity contribution in [2.24, 2.45) is 5.92 Å². The van der Waals surface area contributed by atoms with Gasteiger partial charge < -0.3 is 4.90 Å². The first kappa shape index (κ1) is 17.3. The number of carbonyl (C=O) groups is 1. The Labute approximate surface area is 157 Å². The fraction of sp³-hybridized carbons (Fsp3) is 0.368. The zero-order valence-electron chi connectivity index (χ0n) is 15.4. The molecule has 0 bridgehead atoms. The van der Waals surface area contributed by atoms with Gasteiger partial charge in [-0.25, -0.2) is 14.6 Å². The smallest absolute Gasteiger partial charge is 0.274 e. The van der Waals surface area contributed by atoms with E-state index >= 15 is 0 Å². The molecule has 0 N–H and O–H groups in total. The Morgan fingerprint density at radius 2 is 2.07 bits per heavy atom. The van der Waals surface area contributed by atoms with Crippen molar-refractivity contribution in [1.29, 1.82) is 0 Å². The average molecular weight is 363 g/mol. The summed E-state index contributed by atoms with van der Waals surface area (Å²) in [4.78, 5) is 32.1. The van der Waals surface area contributed by atoms with E-state index in [2.05, 4.69) is 33.9 Å². The third-order valence-electron chi connectivity index (χ3n) is 5.00. The van der Waals surface area contributed by atoms with Crippen LogP contribution in [0.15, 0.2) is 43.1 Å². The average Bonchev–Trinajstić information content (AvgIpc) is 3.17. The molecular weight excluding hydrogens is 342 g/mol. The van der Waals surface area contributed by atoms with Gasteiger partial charge in [0.05, 0.1) is 18.8 Å². The van der Waals surface area contributed by atoms with Crippen LogP contribution in [0.5, 0.6) is 0 Å². The Morgan fingerprint density at radius 1 is 1.22 bits per heavy atom. The summed E-state index contributed by atoms with van der Waals surface area (Å²) in [6.45, 7) is 5.41. The minimum Gasteiger partial charge on any atom is -0.325 e. The van der Waals surface area contributed by atoms with Gasteiger partial charge in [0.2, 0.25) is 0 Å². The van der Waals surface area contributed by atoms with Gasteiger partial charge in [0.25, 0.3) is 5.91 Å². The zero-order valence-corrected chi connectivity index (χ0v) is 15.4. The maximum atomic E-state index is 13.1. The quantitative estimate of drug-likeness (QED) is 0.707. The minimum absolute atomic E-state index is 0.120. The molecule has 1 aliphatic heterocycles. The van der Waals surface area contributed by atoms with Gasteiger partial charge in [-0.1, -0.05) is 20.3 Å². The Hall–Kier alpha value is -3.16. The zero-order chi connectivity index (χ0) is 18.8. The fourth-order valence-electron chi connectivity index (χ4n) is 3.41. The van der Waals surface area contributed by atoms with Crippen LogP contribution in [0.3, 0.4) is 0 Å². The predicted octanol–water partition coefficient (Wildman–Crippen LogP) is 2.37. The first-order valence-corrected chi connectivity index (χ1v) is 9.11. The second-order valence-corrected chi connectivity index (χ2v) is 6.68. The molecule has 4 rings (SSSR count). The molecule has 3 aromatic heterocycles. The van der Waals surface area contributed by atoms with E-state index in [-0.39, 0.29) is 17.9 Å². The lowest BCUT2D eigenvalue weighted by Gasteiger charge is -2.38. The van der Waals surface area contributed by atoms with Crippen molar-refractivity contribution in [2.45, 2.75) is 32.9 Å². The third-order valence-corrected chi connectivity index (χ3v) is 5.00. The van der Waals surface area contributed by atoms with Crippen molar-refractivity contribution in [3.8, 4) is 11.4 Å². The Bertz CT molecular complexity index is 926. The lowest BCUT2D eigenvalue weighted by Crippen LogP contribution is -2.45. The summed E-state index contributed by atoms with van der Waals surface area (Å²) in [6.07, 6.45) is 9.01. The van der Waals surface area contributed by atoms with Crippen molar-refractivity contribution < 1.29 is 4.79 Å². The molecular formula is C19H21N7O. The van der Waals surface area contributed by atoms with Crippen LogP contribution in [0.4, 0.5) is 0 Å². The van der Waals surface area contributed by atoms with Gasteiger partial charge in [-0.2, -0.15) is 5.10 Å². The molecule has 4 heterocycles. The number of amides is 1. The number of nitrogens with zero attached hydrogens (tertiary/aromatic N) is 7. The first-order chi connectivity index (χ1) is 13.2. The highest BCUT2D eigenvalue weighted by Gasteiger charge is 2.37. The van der Waals surface area contributed by atoms with Gasteiger partial charge in [0, 0.05) is 36.9 Å². The number of carbonyl (C=O) groups excluding carboxylic acids is 1. The summed E-state index contributed by atoms with van der Waals surface area (Å²) in [5.74, 6) is 1.56. The second-order valence-electron chi connectivity index (χ2n) is 6.68. The van der Waals surface area contributed by atoms with Gasteiger partial charge in [-0.15, -0.1) is 0 Å². The van der Waals surface area contributed by atoms with Crippen molar-refractivity contribution in [1.82, 2.24) is 34.6 Å². The van der Waals surface area contributed by atoms with Gasteiger partial charge in [-0.3, -0.25) is 14.8 Å². The molecule has 0 aromatic carbocycles. The maximum Gasteiger partial charge on any atom is 0.274 e. The highest BCUT2D eigenvalue weighted by molar-refractivity contribution is 5.92. The van der Waals surface area contributed by atoms with Crippen molar-refractivity contribution in [2.75, 3.05) is 6.54 Å². The van der Waals surface area contributed by atoms with Crippen LogP contribution in [-0.4, -0.2) is 47.1 Å². The van der Waals surface area contributed by atoms with E-state index in [1.165, 1.54) is 6.20 Å². The molecule has 0 saturated heterocycles. The van der Waals surface area contributed by atoms with E-state index < -0.39 is 0 Å². The van der Waals surface area contributed by atoms with Crippen LogP contribution in [0, 0.1) is 5.92 Å². The summed E-state index contributed by atoms with van der Waals surface area (Å²) in [5.41, 5.74) is 1.22. The number of hydrogen-bond donors (Lipinski definition) is 0. The van der Waals surface area contributed by atoms with Gasteiger partial charge in [-0.05, 0) is 18.1 Å². The molecule has 0 radical (unpaired) electrons. The number of pyridine rings is 1. The molecule has 0 saturated carbocycles. The fourth-order valence-corrected chi connectivity index (χ4v) is 3.41. The number of rotatable bonds is 4. The van der Waals surface area contributed by atoms with E-state index in [0.29, 0.717) is 24.6 Å². The predicted molar refractivity (Wildman–Crippen MR) is 98.5 cm³/mol. The molecule has 0 spiro atoms. The van der Waals surface area contributed by atoms with Crippen LogP contribution >= 0.6 is 0 Å². The number of fused-ring (bicyclic) bond motifs is 1. The third kappa shape index (κ3) is 3.18. The molecule has 0 fully saturated rings. The first-order valence-electron chi connectivity index (χ1n) is 9.11. The minimum atomic E-state index is -0.156. The van der Waals surface area contributed by atoms with E-state index in [1.54, 1.807) is 24.8 Å². The lowest BCUT2D eigenvalue weighted by atomic mass is 9.95. The Morgan fingerprint density at radius 3 is 2.78 bits per heavy atom. The van der Waals surface area contributed by atoms with Crippen LogP contribution in [0.1, 0.15) is 42.6 Å². The van der Waals surface area contributed by atoms with E-state index in [9.17, 15) is 4.79 Å².